The van der Waals surface area contributed by atoms with Crippen molar-refractivity contribution in [3.63, 3.8) is 0 Å². The van der Waals surface area contributed by atoms with E-state index in [1.165, 1.54) is 12.1 Å². The normalized spacial score (nSPS) is 12.0. The molecule has 0 radical (unpaired) electrons. The summed E-state index contributed by atoms with van der Waals surface area (Å²) in [5.74, 6) is -0.316. The molecule has 0 aliphatic rings. The summed E-state index contributed by atoms with van der Waals surface area (Å²) in [4.78, 5) is 0.242. The first kappa shape index (κ1) is 13.3. The molecule has 0 spiro atoms. The van der Waals surface area contributed by atoms with E-state index in [9.17, 15) is 8.60 Å². The van der Waals surface area contributed by atoms with E-state index >= 15 is 0 Å². The van der Waals surface area contributed by atoms with E-state index in [1.807, 2.05) is 0 Å². The van der Waals surface area contributed by atoms with Crippen LogP contribution in [0.25, 0.3) is 0 Å². The Kier molecular flexibility index (Phi) is 5.32. The zero-order valence-corrected chi connectivity index (χ0v) is 7.61. The fraction of sp³-hybridized carbons (Fsp3) is 0.250. The third-order valence-corrected chi connectivity index (χ3v) is 2.25. The second-order valence-electron chi connectivity index (χ2n) is 2.62. The summed E-state index contributed by atoms with van der Waals surface area (Å²) in [6.45, 7) is 3.14. The van der Waals surface area contributed by atoms with Gasteiger partial charge in [-0.2, -0.15) is 0 Å². The van der Waals surface area contributed by atoms with E-state index in [4.69, 9.17) is 4.55 Å². The first-order valence-corrected chi connectivity index (χ1v) is 4.50. The molecule has 0 saturated carbocycles. The molecule has 68 valence electrons. The van der Waals surface area contributed by atoms with Crippen molar-refractivity contribution < 1.29 is 13.2 Å². The van der Waals surface area contributed by atoms with Crippen LogP contribution in [-0.2, 0) is 11.1 Å². The van der Waals surface area contributed by atoms with Gasteiger partial charge in [0.25, 0.3) is 0 Å². The Morgan fingerprint density at radius 1 is 1.31 bits per heavy atom. The number of halogens is 1. The molecular formula is C8H10FNaO2S. The topological polar surface area (TPSA) is 37.3 Å². The van der Waals surface area contributed by atoms with Gasteiger partial charge in [-0.05, 0) is 37.1 Å². The van der Waals surface area contributed by atoms with E-state index < -0.39 is 11.1 Å². The van der Waals surface area contributed by atoms with Gasteiger partial charge in [0.15, 0.2) is 11.1 Å². The Morgan fingerprint density at radius 3 is 2.00 bits per heavy atom. The van der Waals surface area contributed by atoms with Gasteiger partial charge in [0.05, 0.1) is 4.90 Å². The second kappa shape index (κ2) is 5.22. The maximum absolute atomic E-state index is 13.0. The summed E-state index contributed by atoms with van der Waals surface area (Å²) in [5.41, 5.74) is 0.791. The summed E-state index contributed by atoms with van der Waals surface area (Å²) in [6.07, 6.45) is 0. The number of hydrogen-bond acceptors (Lipinski definition) is 1. The molecule has 1 N–H and O–H groups in total. The molecule has 1 aromatic carbocycles. The molecule has 5 heteroatoms. The fourth-order valence-electron chi connectivity index (χ4n) is 1.01. The average molecular weight is 212 g/mol. The molecule has 0 aromatic heterocycles. The predicted octanol–water partition coefficient (Wildman–Crippen LogP) is 1.37. The first-order chi connectivity index (χ1) is 5.52. The van der Waals surface area contributed by atoms with E-state index in [2.05, 4.69) is 0 Å². The number of hydrogen-bond donors (Lipinski definition) is 1. The van der Waals surface area contributed by atoms with Crippen LogP contribution >= 0.6 is 0 Å². The first-order valence-electron chi connectivity index (χ1n) is 3.40. The van der Waals surface area contributed by atoms with Crippen molar-refractivity contribution in [3.8, 4) is 0 Å². The third-order valence-electron chi connectivity index (χ3n) is 1.61. The van der Waals surface area contributed by atoms with E-state index in [0.29, 0.717) is 11.1 Å². The molecule has 0 heterocycles. The molecule has 2 nitrogen and oxygen atoms in total. The summed E-state index contributed by atoms with van der Waals surface area (Å²) in [6, 6.07) is 2.75. The average Bonchev–Trinajstić information content (AvgIpc) is 1.99. The second-order valence-corrected chi connectivity index (χ2v) is 3.59. The molecule has 1 atom stereocenters. The van der Waals surface area contributed by atoms with Crippen molar-refractivity contribution in [3.05, 3.63) is 29.1 Å². The van der Waals surface area contributed by atoms with Crippen LogP contribution in [0.4, 0.5) is 4.39 Å². The Morgan fingerprint density at radius 2 is 1.69 bits per heavy atom. The van der Waals surface area contributed by atoms with Crippen molar-refractivity contribution in [2.45, 2.75) is 18.7 Å². The van der Waals surface area contributed by atoms with Gasteiger partial charge in [-0.1, -0.05) is 0 Å². The Labute approximate surface area is 101 Å². The summed E-state index contributed by atoms with van der Waals surface area (Å²) < 4.78 is 32.3. The molecule has 13 heavy (non-hydrogen) atoms. The van der Waals surface area contributed by atoms with Crippen LogP contribution in [0.15, 0.2) is 17.0 Å². The minimum absolute atomic E-state index is 0. The molecule has 0 fully saturated rings. The van der Waals surface area contributed by atoms with Gasteiger partial charge >= 0.3 is 29.6 Å². The van der Waals surface area contributed by atoms with Gasteiger partial charge in [-0.25, -0.2) is 8.60 Å². The summed E-state index contributed by atoms with van der Waals surface area (Å²) in [7, 11) is 0. The molecule has 0 aliphatic heterocycles. The number of aryl methyl sites for hydroxylation is 2. The van der Waals surface area contributed by atoms with Crippen LogP contribution in [0.5, 0.6) is 0 Å². The maximum atomic E-state index is 13.0. The van der Waals surface area contributed by atoms with Crippen LogP contribution < -0.4 is 0 Å². The Balaban J connectivity index is 0.00000144. The van der Waals surface area contributed by atoms with Crippen LogP contribution in [0.1, 0.15) is 11.1 Å². The van der Waals surface area contributed by atoms with Crippen LogP contribution in [-0.4, -0.2) is 38.3 Å². The van der Waals surface area contributed by atoms with E-state index in [1.54, 1.807) is 13.8 Å². The fourth-order valence-corrected chi connectivity index (χ4v) is 1.56. The van der Waals surface area contributed by atoms with Gasteiger partial charge in [0.1, 0.15) is 5.82 Å². The molecule has 1 aromatic rings. The molecule has 1 rings (SSSR count). The molecule has 1 unspecified atom stereocenters. The standard InChI is InChI=1S/C8H9FO2S.Na.H/c1-5-3-7(12(10)11)4-6(2)8(5)9;;/h3-4H,1-2H3,(H,10,11);;. The molecule has 0 saturated heterocycles. The minimum atomic E-state index is -2.02. The zero-order valence-electron chi connectivity index (χ0n) is 6.80. The van der Waals surface area contributed by atoms with Crippen LogP contribution in [0.3, 0.4) is 0 Å². The Hall–Kier alpha value is 0.260. The third kappa shape index (κ3) is 3.14. The van der Waals surface area contributed by atoms with Crippen molar-refractivity contribution in [1.82, 2.24) is 0 Å². The van der Waals surface area contributed by atoms with Crippen LogP contribution in [0.2, 0.25) is 0 Å². The van der Waals surface area contributed by atoms with Crippen LogP contribution in [0, 0.1) is 19.7 Å². The predicted molar refractivity (Wildman–Crippen MR) is 52.1 cm³/mol. The number of benzene rings is 1. The summed E-state index contributed by atoms with van der Waals surface area (Å²) in [5, 5.41) is 0. The van der Waals surface area contributed by atoms with Gasteiger partial charge < -0.3 is 4.55 Å². The van der Waals surface area contributed by atoms with Gasteiger partial charge in [-0.15, -0.1) is 0 Å². The van der Waals surface area contributed by atoms with Gasteiger partial charge in [0, 0.05) is 0 Å². The van der Waals surface area contributed by atoms with Gasteiger partial charge in [-0.3, -0.25) is 0 Å². The van der Waals surface area contributed by atoms with Crippen molar-refractivity contribution >= 4 is 40.6 Å². The molecular weight excluding hydrogens is 202 g/mol. The van der Waals surface area contributed by atoms with Crippen molar-refractivity contribution in [2.24, 2.45) is 0 Å². The van der Waals surface area contributed by atoms with E-state index in [-0.39, 0.29) is 40.3 Å². The molecule has 0 amide bonds. The zero-order chi connectivity index (χ0) is 9.30. The quantitative estimate of drug-likeness (QED) is 0.564. The monoisotopic (exact) mass is 212 g/mol. The van der Waals surface area contributed by atoms with Crippen molar-refractivity contribution in [1.29, 1.82) is 0 Å². The summed E-state index contributed by atoms with van der Waals surface area (Å²) >= 11 is -2.02. The van der Waals surface area contributed by atoms with E-state index in [0.717, 1.165) is 0 Å². The SMILES string of the molecule is Cc1cc(S(=O)O)cc(C)c1F.[NaH]. The van der Waals surface area contributed by atoms with Crippen molar-refractivity contribution in [2.75, 3.05) is 0 Å². The van der Waals surface area contributed by atoms with Gasteiger partial charge in [0.2, 0.25) is 0 Å². The Bertz CT molecular complexity index is 318. The molecule has 0 bridgehead atoms. The molecule has 0 aliphatic carbocycles. The number of rotatable bonds is 1.